The van der Waals surface area contributed by atoms with Crippen LogP contribution in [-0.4, -0.2) is 37.2 Å². The molecule has 6 heteroatoms. The van der Waals surface area contributed by atoms with Gasteiger partial charge in [0.2, 0.25) is 0 Å². The Labute approximate surface area is 380 Å². The molecule has 0 spiro atoms. The molecule has 0 aliphatic rings. The van der Waals surface area contributed by atoms with Crippen LogP contribution in [0.1, 0.15) is 207 Å². The van der Waals surface area contributed by atoms with E-state index in [1.165, 1.54) is 57.8 Å². The maximum Gasteiger partial charge on any atom is 0.306 e. The van der Waals surface area contributed by atoms with Gasteiger partial charge in [0.15, 0.2) is 6.10 Å². The summed E-state index contributed by atoms with van der Waals surface area (Å²) in [5.74, 6) is -1.00. The van der Waals surface area contributed by atoms with Gasteiger partial charge < -0.3 is 14.2 Å². The minimum absolute atomic E-state index is 0.110. The Morgan fingerprint density at radius 1 is 0.355 bits per heavy atom. The number of hydrogen-bond acceptors (Lipinski definition) is 6. The van der Waals surface area contributed by atoms with Gasteiger partial charge in [-0.25, -0.2) is 0 Å². The third-order valence-electron chi connectivity index (χ3n) is 10.1. The van der Waals surface area contributed by atoms with Crippen LogP contribution >= 0.6 is 0 Å². The maximum atomic E-state index is 12.7. The molecule has 0 aromatic heterocycles. The molecule has 0 saturated carbocycles. The van der Waals surface area contributed by atoms with E-state index in [2.05, 4.69) is 130 Å². The molecule has 0 rings (SSSR count). The standard InChI is InChI=1S/C56H90O6/c1-4-7-10-13-16-19-21-23-25-27-29-30-32-34-37-40-43-46-49-55(58)61-52-53(51-60-54(57)48-45-42-39-36-18-15-12-9-6-3)62-56(59)50-47-44-41-38-35-33-31-28-26-24-22-20-17-14-11-8-5-2/h8,11,16-17,19-21,23-27,29-31,33,38,41,53H,4-7,9-10,12-15,18,22,28,32,34-37,39-40,42-52H2,1-3H3/b11-8-,19-16-,20-17-,23-21-,26-24-,27-25-,30-29-,33-31-,41-38-. The van der Waals surface area contributed by atoms with Crippen molar-refractivity contribution in [2.45, 2.75) is 213 Å². The van der Waals surface area contributed by atoms with E-state index in [9.17, 15) is 14.4 Å². The van der Waals surface area contributed by atoms with Gasteiger partial charge in [0.1, 0.15) is 13.2 Å². The Kier molecular flexibility index (Phi) is 46.6. The van der Waals surface area contributed by atoms with Gasteiger partial charge >= 0.3 is 17.9 Å². The summed E-state index contributed by atoms with van der Waals surface area (Å²) < 4.78 is 16.7. The van der Waals surface area contributed by atoms with Crippen molar-refractivity contribution in [2.24, 2.45) is 0 Å². The molecular formula is C56H90O6. The summed E-state index contributed by atoms with van der Waals surface area (Å²) in [6, 6.07) is 0. The molecule has 6 nitrogen and oxygen atoms in total. The first-order valence-electron chi connectivity index (χ1n) is 24.9. The van der Waals surface area contributed by atoms with Gasteiger partial charge in [0.25, 0.3) is 0 Å². The van der Waals surface area contributed by atoms with E-state index in [0.29, 0.717) is 19.3 Å². The highest BCUT2D eigenvalue weighted by molar-refractivity contribution is 5.71. The second kappa shape index (κ2) is 49.7. The van der Waals surface area contributed by atoms with Gasteiger partial charge in [-0.3, -0.25) is 14.4 Å². The molecule has 0 amide bonds. The third-order valence-corrected chi connectivity index (χ3v) is 10.1. The minimum Gasteiger partial charge on any atom is -0.462 e. The van der Waals surface area contributed by atoms with Gasteiger partial charge in [-0.05, 0) is 83.5 Å². The zero-order valence-electron chi connectivity index (χ0n) is 39.8. The average molecular weight is 859 g/mol. The molecule has 0 heterocycles. The van der Waals surface area contributed by atoms with Crippen molar-refractivity contribution >= 4 is 17.9 Å². The summed E-state index contributed by atoms with van der Waals surface area (Å²) in [6.07, 6.45) is 66.4. The monoisotopic (exact) mass is 859 g/mol. The lowest BCUT2D eigenvalue weighted by Crippen LogP contribution is -2.30. The second-order valence-electron chi connectivity index (χ2n) is 16.1. The number of hydrogen-bond donors (Lipinski definition) is 0. The predicted octanol–water partition coefficient (Wildman–Crippen LogP) is 16.4. The van der Waals surface area contributed by atoms with Crippen LogP contribution in [0, 0.1) is 0 Å². The number of rotatable bonds is 43. The zero-order chi connectivity index (χ0) is 45.1. The number of ether oxygens (including phenoxy) is 3. The Bertz CT molecular complexity index is 1310. The summed E-state index contributed by atoms with van der Waals surface area (Å²) in [5, 5.41) is 0. The van der Waals surface area contributed by atoms with Crippen LogP contribution in [-0.2, 0) is 28.6 Å². The summed E-state index contributed by atoms with van der Waals surface area (Å²) in [7, 11) is 0. The lowest BCUT2D eigenvalue weighted by Gasteiger charge is -2.18. The van der Waals surface area contributed by atoms with Crippen LogP contribution in [0.2, 0.25) is 0 Å². The first-order valence-corrected chi connectivity index (χ1v) is 24.9. The maximum absolute atomic E-state index is 12.7. The predicted molar refractivity (Wildman–Crippen MR) is 265 cm³/mol. The fourth-order valence-corrected chi connectivity index (χ4v) is 6.37. The van der Waals surface area contributed by atoms with Crippen molar-refractivity contribution in [3.8, 4) is 0 Å². The van der Waals surface area contributed by atoms with E-state index in [4.69, 9.17) is 14.2 Å². The molecule has 350 valence electrons. The van der Waals surface area contributed by atoms with Crippen molar-refractivity contribution in [3.63, 3.8) is 0 Å². The fourth-order valence-electron chi connectivity index (χ4n) is 6.37. The van der Waals surface area contributed by atoms with E-state index in [1.54, 1.807) is 0 Å². The number of esters is 3. The van der Waals surface area contributed by atoms with Crippen LogP contribution < -0.4 is 0 Å². The minimum atomic E-state index is -0.816. The first kappa shape index (κ1) is 58.1. The Balaban J connectivity index is 4.51. The van der Waals surface area contributed by atoms with E-state index in [1.807, 2.05) is 0 Å². The number of carbonyl (C=O) groups excluding carboxylic acids is 3. The lowest BCUT2D eigenvalue weighted by atomic mass is 10.1. The number of carbonyl (C=O) groups is 3. The molecule has 0 aliphatic carbocycles. The van der Waals surface area contributed by atoms with Crippen molar-refractivity contribution < 1.29 is 28.6 Å². The molecule has 0 N–H and O–H groups in total. The van der Waals surface area contributed by atoms with Gasteiger partial charge in [-0.15, -0.1) is 0 Å². The number of unbranched alkanes of at least 4 members (excludes halogenated alkanes) is 17. The smallest absolute Gasteiger partial charge is 0.306 e. The topological polar surface area (TPSA) is 78.9 Å². The third kappa shape index (κ3) is 47.1. The summed E-state index contributed by atoms with van der Waals surface area (Å²) in [4.78, 5) is 37.8. The highest BCUT2D eigenvalue weighted by Crippen LogP contribution is 2.13. The SMILES string of the molecule is CC/C=C\C/C=C\C/C=C\C/C=C\C/C=C\CCCC(=O)OC(COC(=O)CCCCCCC\C=C/C=C\C=C/C=C\CCCCC)COC(=O)CCCCCCCCCCC. The van der Waals surface area contributed by atoms with Crippen molar-refractivity contribution in [1.82, 2.24) is 0 Å². The highest BCUT2D eigenvalue weighted by Gasteiger charge is 2.19. The Morgan fingerprint density at radius 2 is 0.710 bits per heavy atom. The van der Waals surface area contributed by atoms with Crippen molar-refractivity contribution in [3.05, 3.63) is 109 Å². The summed E-state index contributed by atoms with van der Waals surface area (Å²) >= 11 is 0. The molecule has 0 bridgehead atoms. The van der Waals surface area contributed by atoms with Crippen LogP contribution in [0.25, 0.3) is 0 Å². The van der Waals surface area contributed by atoms with E-state index in [-0.39, 0.29) is 37.5 Å². The second-order valence-corrected chi connectivity index (χ2v) is 16.1. The molecule has 62 heavy (non-hydrogen) atoms. The molecular weight excluding hydrogens is 769 g/mol. The van der Waals surface area contributed by atoms with Crippen molar-refractivity contribution in [1.29, 1.82) is 0 Å². The molecule has 0 saturated heterocycles. The van der Waals surface area contributed by atoms with Crippen LogP contribution in [0.5, 0.6) is 0 Å². The Morgan fingerprint density at radius 3 is 1.19 bits per heavy atom. The van der Waals surface area contributed by atoms with E-state index in [0.717, 1.165) is 103 Å². The first-order chi connectivity index (χ1) is 30.5. The van der Waals surface area contributed by atoms with Crippen molar-refractivity contribution in [2.75, 3.05) is 13.2 Å². The molecule has 0 aliphatic heterocycles. The normalized spacial score (nSPS) is 13.0. The average Bonchev–Trinajstić information content (AvgIpc) is 3.27. The quantitative estimate of drug-likeness (QED) is 0.0200. The lowest BCUT2D eigenvalue weighted by molar-refractivity contribution is -0.167. The molecule has 0 fully saturated rings. The van der Waals surface area contributed by atoms with Crippen LogP contribution in [0.15, 0.2) is 109 Å². The highest BCUT2D eigenvalue weighted by atomic mass is 16.6. The van der Waals surface area contributed by atoms with Crippen LogP contribution in [0.4, 0.5) is 0 Å². The summed E-state index contributed by atoms with van der Waals surface area (Å²) in [5.41, 5.74) is 0. The van der Waals surface area contributed by atoms with Gasteiger partial charge in [0, 0.05) is 19.3 Å². The van der Waals surface area contributed by atoms with Gasteiger partial charge in [-0.2, -0.15) is 0 Å². The largest absolute Gasteiger partial charge is 0.462 e. The number of allylic oxidation sites excluding steroid dienone is 18. The molecule has 1 atom stereocenters. The van der Waals surface area contributed by atoms with E-state index >= 15 is 0 Å². The molecule has 0 radical (unpaired) electrons. The summed E-state index contributed by atoms with van der Waals surface area (Å²) in [6.45, 7) is 6.38. The van der Waals surface area contributed by atoms with Gasteiger partial charge in [0.05, 0.1) is 0 Å². The molecule has 0 aromatic rings. The van der Waals surface area contributed by atoms with Gasteiger partial charge in [-0.1, -0.05) is 214 Å². The zero-order valence-corrected chi connectivity index (χ0v) is 39.8. The fraction of sp³-hybridized carbons (Fsp3) is 0.625. The van der Waals surface area contributed by atoms with E-state index < -0.39 is 6.10 Å². The van der Waals surface area contributed by atoms with Crippen LogP contribution in [0.3, 0.4) is 0 Å². The molecule has 1 unspecified atom stereocenters. The Hall–Kier alpha value is -3.93. The molecule has 0 aromatic carbocycles.